The van der Waals surface area contributed by atoms with Crippen LogP contribution < -0.4 is 5.73 Å². The number of primary amides is 1. The maximum atomic E-state index is 11.1. The first-order valence-corrected chi connectivity index (χ1v) is 3.96. The van der Waals surface area contributed by atoms with Crippen molar-refractivity contribution in [2.45, 2.75) is 6.42 Å². The van der Waals surface area contributed by atoms with Crippen molar-refractivity contribution in [3.63, 3.8) is 0 Å². The van der Waals surface area contributed by atoms with Gasteiger partial charge >= 0.3 is 5.97 Å². The third-order valence-corrected chi connectivity index (χ3v) is 1.46. The molecule has 76 valence electrons. The number of carbonyl (C=O) groups is 2. The van der Waals surface area contributed by atoms with Gasteiger partial charge in [0.15, 0.2) is 0 Å². The van der Waals surface area contributed by atoms with Crippen LogP contribution in [0.2, 0.25) is 0 Å². The van der Waals surface area contributed by atoms with Crippen LogP contribution in [0.3, 0.4) is 0 Å². The average molecular weight is 195 g/mol. The van der Waals surface area contributed by atoms with Crippen LogP contribution in [0.15, 0.2) is 37.0 Å². The standard InChI is InChI=1S/C10H13NO3/c1-4-5-6-14-10(13)8(3)7(2)9(11)12/h4H,1-3,5-6H2,(H2,11,12). The summed E-state index contributed by atoms with van der Waals surface area (Å²) in [4.78, 5) is 21.8. The van der Waals surface area contributed by atoms with Gasteiger partial charge in [-0.3, -0.25) is 4.79 Å². The fourth-order valence-electron chi connectivity index (χ4n) is 0.594. The van der Waals surface area contributed by atoms with Crippen LogP contribution in [-0.4, -0.2) is 18.5 Å². The van der Waals surface area contributed by atoms with E-state index in [4.69, 9.17) is 10.5 Å². The molecule has 0 aromatic heterocycles. The molecule has 0 heterocycles. The lowest BCUT2D eigenvalue weighted by molar-refractivity contribution is -0.138. The molecule has 4 nitrogen and oxygen atoms in total. The van der Waals surface area contributed by atoms with Gasteiger partial charge in [0.25, 0.3) is 0 Å². The predicted molar refractivity (Wildman–Crippen MR) is 53.2 cm³/mol. The summed E-state index contributed by atoms with van der Waals surface area (Å²) >= 11 is 0. The molecule has 0 radical (unpaired) electrons. The molecule has 0 unspecified atom stereocenters. The normalized spacial score (nSPS) is 8.86. The maximum Gasteiger partial charge on any atom is 0.338 e. The van der Waals surface area contributed by atoms with E-state index in [2.05, 4.69) is 19.7 Å². The summed E-state index contributed by atoms with van der Waals surface area (Å²) in [6.45, 7) is 10.3. The third-order valence-electron chi connectivity index (χ3n) is 1.46. The van der Waals surface area contributed by atoms with Gasteiger partial charge in [-0.2, -0.15) is 0 Å². The fourth-order valence-corrected chi connectivity index (χ4v) is 0.594. The second-order valence-corrected chi connectivity index (χ2v) is 2.53. The van der Waals surface area contributed by atoms with E-state index in [-0.39, 0.29) is 17.8 Å². The molecule has 0 saturated heterocycles. The largest absolute Gasteiger partial charge is 0.462 e. The molecule has 1 amide bonds. The molecule has 0 aliphatic rings. The summed E-state index contributed by atoms with van der Waals surface area (Å²) < 4.78 is 4.74. The molecule has 0 aliphatic carbocycles. The van der Waals surface area contributed by atoms with Crippen LogP contribution in [0.4, 0.5) is 0 Å². The summed E-state index contributed by atoms with van der Waals surface area (Å²) in [6, 6.07) is 0. The van der Waals surface area contributed by atoms with E-state index in [0.29, 0.717) is 6.42 Å². The molecule has 0 bridgehead atoms. The predicted octanol–water partition coefficient (Wildman–Crippen LogP) is 0.703. The Morgan fingerprint density at radius 3 is 2.29 bits per heavy atom. The highest BCUT2D eigenvalue weighted by Gasteiger charge is 2.15. The summed E-state index contributed by atoms with van der Waals surface area (Å²) in [5.41, 5.74) is 4.67. The molecule has 0 spiro atoms. The van der Waals surface area contributed by atoms with Crippen molar-refractivity contribution in [2.24, 2.45) is 5.73 Å². The van der Waals surface area contributed by atoms with Crippen LogP contribution in [-0.2, 0) is 14.3 Å². The Bertz CT molecular complexity index is 292. The molecule has 2 N–H and O–H groups in total. The fraction of sp³-hybridized carbons (Fsp3) is 0.200. The van der Waals surface area contributed by atoms with E-state index in [1.54, 1.807) is 6.08 Å². The van der Waals surface area contributed by atoms with Crippen molar-refractivity contribution in [2.75, 3.05) is 6.61 Å². The summed E-state index contributed by atoms with van der Waals surface area (Å²) in [5.74, 6) is -1.47. The number of amides is 1. The summed E-state index contributed by atoms with van der Waals surface area (Å²) in [6.07, 6.45) is 2.15. The van der Waals surface area contributed by atoms with Crippen molar-refractivity contribution in [1.82, 2.24) is 0 Å². The van der Waals surface area contributed by atoms with Gasteiger partial charge in [-0.1, -0.05) is 19.2 Å². The number of rotatable bonds is 6. The minimum Gasteiger partial charge on any atom is -0.462 e. The Hall–Kier alpha value is -1.84. The van der Waals surface area contributed by atoms with Crippen molar-refractivity contribution >= 4 is 11.9 Å². The van der Waals surface area contributed by atoms with E-state index in [1.807, 2.05) is 0 Å². The summed E-state index contributed by atoms with van der Waals surface area (Å²) in [7, 11) is 0. The monoisotopic (exact) mass is 195 g/mol. The molecule has 0 aromatic rings. The highest BCUT2D eigenvalue weighted by atomic mass is 16.5. The lowest BCUT2D eigenvalue weighted by Gasteiger charge is -2.05. The number of nitrogens with two attached hydrogens (primary N) is 1. The molecule has 0 aliphatic heterocycles. The van der Waals surface area contributed by atoms with Gasteiger partial charge < -0.3 is 10.5 Å². The van der Waals surface area contributed by atoms with Crippen LogP contribution in [0, 0.1) is 0 Å². The van der Waals surface area contributed by atoms with E-state index < -0.39 is 11.9 Å². The lowest BCUT2D eigenvalue weighted by Crippen LogP contribution is -2.19. The van der Waals surface area contributed by atoms with Gasteiger partial charge in [0, 0.05) is 5.57 Å². The van der Waals surface area contributed by atoms with Crippen LogP contribution in [0.25, 0.3) is 0 Å². The molecule has 0 atom stereocenters. The Balaban J connectivity index is 4.13. The zero-order valence-corrected chi connectivity index (χ0v) is 7.91. The van der Waals surface area contributed by atoms with Crippen molar-refractivity contribution < 1.29 is 14.3 Å². The highest BCUT2D eigenvalue weighted by molar-refractivity contribution is 6.07. The molecule has 0 fully saturated rings. The number of hydrogen-bond acceptors (Lipinski definition) is 3. The third kappa shape index (κ3) is 3.71. The Labute approximate surface area is 82.7 Å². The second kappa shape index (κ2) is 5.75. The molecule has 4 heteroatoms. The van der Waals surface area contributed by atoms with Crippen molar-refractivity contribution in [1.29, 1.82) is 0 Å². The number of hydrogen-bond donors (Lipinski definition) is 1. The quantitative estimate of drug-likeness (QED) is 0.223. The first-order chi connectivity index (χ1) is 6.50. The molecule has 0 aromatic carbocycles. The number of carbonyl (C=O) groups excluding carboxylic acids is 2. The van der Waals surface area contributed by atoms with Crippen LogP contribution >= 0.6 is 0 Å². The minimum absolute atomic E-state index is 0.110. The SMILES string of the molecule is C=CCCOC(=O)C(=C)C(=C)C(N)=O. The molecular formula is C10H13NO3. The molecule has 14 heavy (non-hydrogen) atoms. The maximum absolute atomic E-state index is 11.1. The van der Waals surface area contributed by atoms with Gasteiger partial charge in [-0.05, 0) is 6.42 Å². The van der Waals surface area contributed by atoms with Gasteiger partial charge in [0.05, 0.1) is 12.2 Å². The van der Waals surface area contributed by atoms with Crippen molar-refractivity contribution in [3.05, 3.63) is 37.0 Å². The van der Waals surface area contributed by atoms with E-state index in [0.717, 1.165) is 0 Å². The Morgan fingerprint density at radius 2 is 1.86 bits per heavy atom. The van der Waals surface area contributed by atoms with E-state index in [9.17, 15) is 9.59 Å². The Morgan fingerprint density at radius 1 is 1.29 bits per heavy atom. The zero-order chi connectivity index (χ0) is 11.1. The topological polar surface area (TPSA) is 69.4 Å². The van der Waals surface area contributed by atoms with E-state index in [1.165, 1.54) is 0 Å². The Kier molecular flexibility index (Phi) is 4.99. The minimum atomic E-state index is -0.782. The number of ether oxygens (including phenoxy) is 1. The zero-order valence-electron chi connectivity index (χ0n) is 7.91. The van der Waals surface area contributed by atoms with Crippen LogP contribution in [0.5, 0.6) is 0 Å². The lowest BCUT2D eigenvalue weighted by atomic mass is 10.1. The second-order valence-electron chi connectivity index (χ2n) is 2.53. The first kappa shape index (κ1) is 12.2. The first-order valence-electron chi connectivity index (χ1n) is 3.96. The average Bonchev–Trinajstić information content (AvgIpc) is 2.15. The highest BCUT2D eigenvalue weighted by Crippen LogP contribution is 2.06. The van der Waals surface area contributed by atoms with Gasteiger partial charge in [0.1, 0.15) is 0 Å². The number of esters is 1. The molecule has 0 rings (SSSR count). The van der Waals surface area contributed by atoms with E-state index >= 15 is 0 Å². The van der Waals surface area contributed by atoms with Gasteiger partial charge in [-0.15, -0.1) is 6.58 Å². The van der Waals surface area contributed by atoms with Crippen molar-refractivity contribution in [3.8, 4) is 0 Å². The molecule has 0 saturated carbocycles. The summed E-state index contributed by atoms with van der Waals surface area (Å²) in [5, 5.41) is 0. The smallest absolute Gasteiger partial charge is 0.338 e. The van der Waals surface area contributed by atoms with Crippen LogP contribution in [0.1, 0.15) is 6.42 Å². The van der Waals surface area contributed by atoms with Gasteiger partial charge in [-0.25, -0.2) is 4.79 Å². The van der Waals surface area contributed by atoms with Gasteiger partial charge in [0.2, 0.25) is 5.91 Å². The molecular weight excluding hydrogens is 182 g/mol.